The number of benzene rings is 2. The average molecular weight is 340 g/mol. The third-order valence-electron chi connectivity index (χ3n) is 4.65. The van der Waals surface area contributed by atoms with Crippen LogP contribution in [0.4, 0.5) is 11.4 Å². The van der Waals surface area contributed by atoms with E-state index in [0.29, 0.717) is 6.42 Å². The Morgan fingerprint density at radius 3 is 2.60 bits per heavy atom. The molecule has 0 radical (unpaired) electrons. The van der Waals surface area contributed by atoms with Gasteiger partial charge in [0, 0.05) is 17.4 Å². The minimum atomic E-state index is 0.0613. The fourth-order valence-corrected chi connectivity index (χ4v) is 3.18. The second-order valence-corrected chi connectivity index (χ2v) is 6.35. The largest absolute Gasteiger partial charge is 0.497 e. The molecule has 0 atom stereocenters. The van der Waals surface area contributed by atoms with E-state index in [-0.39, 0.29) is 5.91 Å². The summed E-state index contributed by atoms with van der Waals surface area (Å²) in [6, 6.07) is 18.0. The van der Waals surface area contributed by atoms with Crippen molar-refractivity contribution >= 4 is 17.3 Å². The van der Waals surface area contributed by atoms with Crippen molar-refractivity contribution in [3.05, 3.63) is 54.6 Å². The molecule has 0 aromatic heterocycles. The van der Waals surface area contributed by atoms with Crippen LogP contribution >= 0.6 is 0 Å². The Bertz CT molecular complexity index is 682. The van der Waals surface area contributed by atoms with Gasteiger partial charge in [0.05, 0.1) is 46.3 Å². The molecule has 1 aliphatic rings. The van der Waals surface area contributed by atoms with Crippen molar-refractivity contribution in [3.63, 3.8) is 0 Å². The zero-order valence-corrected chi connectivity index (χ0v) is 14.7. The Morgan fingerprint density at radius 1 is 1.12 bits per heavy atom. The molecule has 0 aliphatic carbocycles. The van der Waals surface area contributed by atoms with Gasteiger partial charge in [-0.05, 0) is 24.3 Å². The average Bonchev–Trinajstić information content (AvgIpc) is 2.67. The lowest BCUT2D eigenvalue weighted by atomic mass is 10.2. The number of carbonyl (C=O) groups excluding carboxylic acids is 1. The minimum Gasteiger partial charge on any atom is -0.497 e. The van der Waals surface area contributed by atoms with Gasteiger partial charge in [0.1, 0.15) is 5.75 Å². The van der Waals surface area contributed by atoms with Crippen molar-refractivity contribution in [2.75, 3.05) is 50.1 Å². The standard InChI is InChI=1S/C20H25N3O2/c1-25-19-9-5-6-17(16-19)21-20(24)10-11-22-12-14-23(15-13-22)18-7-3-2-4-8-18/h2-9,16H,10-15H2,1H3,(H,21,24)/p+1. The Hall–Kier alpha value is -2.53. The van der Waals surface area contributed by atoms with Crippen LogP contribution in [0.15, 0.2) is 54.6 Å². The highest BCUT2D eigenvalue weighted by Crippen LogP contribution is 2.16. The highest BCUT2D eigenvalue weighted by molar-refractivity contribution is 5.90. The third-order valence-corrected chi connectivity index (χ3v) is 4.65. The van der Waals surface area contributed by atoms with Crippen molar-refractivity contribution in [2.45, 2.75) is 6.42 Å². The van der Waals surface area contributed by atoms with Gasteiger partial charge < -0.3 is 19.9 Å². The topological polar surface area (TPSA) is 46.0 Å². The Labute approximate surface area is 149 Å². The maximum atomic E-state index is 12.2. The Kier molecular flexibility index (Phi) is 5.90. The second kappa shape index (κ2) is 8.53. The van der Waals surface area contributed by atoms with E-state index in [1.165, 1.54) is 10.6 Å². The number of rotatable bonds is 6. The van der Waals surface area contributed by atoms with Gasteiger partial charge in [-0.1, -0.05) is 24.3 Å². The van der Waals surface area contributed by atoms with Crippen molar-refractivity contribution in [2.24, 2.45) is 0 Å². The van der Waals surface area contributed by atoms with Crippen molar-refractivity contribution in [1.29, 1.82) is 0 Å². The lowest BCUT2D eigenvalue weighted by Gasteiger charge is -2.33. The molecule has 0 spiro atoms. The number of hydrogen-bond acceptors (Lipinski definition) is 3. The lowest BCUT2D eigenvalue weighted by Crippen LogP contribution is -3.15. The van der Waals surface area contributed by atoms with Crippen molar-refractivity contribution < 1.29 is 14.4 Å². The number of hydrogen-bond donors (Lipinski definition) is 2. The first-order valence-electron chi connectivity index (χ1n) is 8.82. The van der Waals surface area contributed by atoms with E-state index < -0.39 is 0 Å². The summed E-state index contributed by atoms with van der Waals surface area (Å²) in [6.07, 6.45) is 0.540. The first kappa shape index (κ1) is 17.3. The molecule has 3 rings (SSSR count). The number of piperazine rings is 1. The molecule has 2 aromatic rings. The number of para-hydroxylation sites is 1. The maximum Gasteiger partial charge on any atom is 0.230 e. The summed E-state index contributed by atoms with van der Waals surface area (Å²) < 4.78 is 5.18. The van der Waals surface area contributed by atoms with Crippen LogP contribution in [-0.4, -0.2) is 45.7 Å². The van der Waals surface area contributed by atoms with E-state index in [2.05, 4.69) is 34.5 Å². The summed E-state index contributed by atoms with van der Waals surface area (Å²) in [6.45, 7) is 5.09. The fraction of sp³-hybridized carbons (Fsp3) is 0.350. The van der Waals surface area contributed by atoms with Crippen LogP contribution in [0.25, 0.3) is 0 Å². The van der Waals surface area contributed by atoms with Gasteiger partial charge in [-0.25, -0.2) is 0 Å². The van der Waals surface area contributed by atoms with Crippen LogP contribution in [0, 0.1) is 0 Å². The predicted molar refractivity (Wildman–Crippen MR) is 100 cm³/mol. The van der Waals surface area contributed by atoms with E-state index in [0.717, 1.165) is 44.2 Å². The molecule has 5 heteroatoms. The smallest absolute Gasteiger partial charge is 0.230 e. The number of nitrogens with one attached hydrogen (secondary N) is 2. The predicted octanol–water partition coefficient (Wildman–Crippen LogP) is 1.43. The number of amides is 1. The molecule has 1 fully saturated rings. The monoisotopic (exact) mass is 340 g/mol. The summed E-state index contributed by atoms with van der Waals surface area (Å²) in [4.78, 5) is 16.1. The van der Waals surface area contributed by atoms with E-state index in [1.807, 2.05) is 30.3 Å². The normalized spacial score (nSPS) is 15.0. The molecule has 2 aromatic carbocycles. The SMILES string of the molecule is COc1cccc(NC(=O)CC[NH+]2CCN(c3ccccc3)CC2)c1. The highest BCUT2D eigenvalue weighted by Gasteiger charge is 2.20. The van der Waals surface area contributed by atoms with Crippen LogP contribution < -0.4 is 19.9 Å². The van der Waals surface area contributed by atoms with Crippen molar-refractivity contribution in [3.8, 4) is 5.75 Å². The van der Waals surface area contributed by atoms with Gasteiger partial charge >= 0.3 is 0 Å². The van der Waals surface area contributed by atoms with Crippen molar-refractivity contribution in [1.82, 2.24) is 0 Å². The molecular weight excluding hydrogens is 314 g/mol. The molecule has 1 aliphatic heterocycles. The first-order chi connectivity index (χ1) is 12.2. The van der Waals surface area contributed by atoms with Crippen LogP contribution in [-0.2, 0) is 4.79 Å². The van der Waals surface area contributed by atoms with Gasteiger partial charge in [0.15, 0.2) is 0 Å². The molecular formula is C20H26N3O2+. The molecule has 1 saturated heterocycles. The van der Waals surface area contributed by atoms with Crippen LogP contribution in [0.1, 0.15) is 6.42 Å². The van der Waals surface area contributed by atoms with Gasteiger partial charge in [-0.3, -0.25) is 4.79 Å². The van der Waals surface area contributed by atoms with E-state index in [1.54, 1.807) is 7.11 Å². The zero-order chi connectivity index (χ0) is 17.5. The summed E-state index contributed by atoms with van der Waals surface area (Å²) in [5.41, 5.74) is 2.07. The quantitative estimate of drug-likeness (QED) is 0.836. The molecule has 25 heavy (non-hydrogen) atoms. The molecule has 132 valence electrons. The van der Waals surface area contributed by atoms with Crippen LogP contribution in [0.5, 0.6) is 5.75 Å². The van der Waals surface area contributed by atoms with Crippen LogP contribution in [0.3, 0.4) is 0 Å². The summed E-state index contributed by atoms with van der Waals surface area (Å²) in [7, 11) is 1.62. The summed E-state index contributed by atoms with van der Waals surface area (Å²) >= 11 is 0. The Morgan fingerprint density at radius 2 is 1.88 bits per heavy atom. The van der Waals surface area contributed by atoms with Gasteiger partial charge in [0.2, 0.25) is 5.91 Å². The number of ether oxygens (including phenoxy) is 1. The molecule has 0 bridgehead atoms. The Balaban J connectivity index is 1.41. The summed E-state index contributed by atoms with van der Waals surface area (Å²) in [5.74, 6) is 0.812. The number of anilines is 2. The minimum absolute atomic E-state index is 0.0613. The number of quaternary nitrogens is 1. The molecule has 2 N–H and O–H groups in total. The van der Waals surface area contributed by atoms with E-state index in [9.17, 15) is 4.79 Å². The fourth-order valence-electron chi connectivity index (χ4n) is 3.18. The zero-order valence-electron chi connectivity index (χ0n) is 14.7. The number of methoxy groups -OCH3 is 1. The molecule has 1 amide bonds. The van der Waals surface area contributed by atoms with E-state index in [4.69, 9.17) is 4.74 Å². The van der Waals surface area contributed by atoms with Gasteiger partial charge in [0.25, 0.3) is 0 Å². The third kappa shape index (κ3) is 4.97. The first-order valence-corrected chi connectivity index (χ1v) is 8.82. The molecule has 1 heterocycles. The van der Waals surface area contributed by atoms with E-state index >= 15 is 0 Å². The maximum absolute atomic E-state index is 12.2. The summed E-state index contributed by atoms with van der Waals surface area (Å²) in [5, 5.41) is 2.95. The highest BCUT2D eigenvalue weighted by atomic mass is 16.5. The molecule has 0 saturated carbocycles. The molecule has 0 unspecified atom stereocenters. The number of nitrogens with zero attached hydrogens (tertiary/aromatic N) is 1. The van der Waals surface area contributed by atoms with Crippen LogP contribution in [0.2, 0.25) is 0 Å². The van der Waals surface area contributed by atoms with Gasteiger partial charge in [-0.2, -0.15) is 0 Å². The number of carbonyl (C=O) groups is 1. The van der Waals surface area contributed by atoms with Gasteiger partial charge in [-0.15, -0.1) is 0 Å². The second-order valence-electron chi connectivity index (χ2n) is 6.35. The lowest BCUT2D eigenvalue weighted by molar-refractivity contribution is -0.900. The molecule has 5 nitrogen and oxygen atoms in total.